The summed E-state index contributed by atoms with van der Waals surface area (Å²) in [5.74, 6) is 1.55. The van der Waals surface area contributed by atoms with E-state index in [1.807, 2.05) is 4.57 Å². The Morgan fingerprint density at radius 1 is 1.58 bits per heavy atom. The Morgan fingerprint density at radius 2 is 2.37 bits per heavy atom. The van der Waals surface area contributed by atoms with Crippen LogP contribution in [-0.4, -0.2) is 22.6 Å². The first-order valence-corrected chi connectivity index (χ1v) is 7.00. The summed E-state index contributed by atoms with van der Waals surface area (Å²) in [6.45, 7) is 3.15. The zero-order chi connectivity index (χ0) is 13.8. The Hall–Kier alpha value is -1.52. The van der Waals surface area contributed by atoms with Crippen molar-refractivity contribution in [1.82, 2.24) is 9.55 Å². The lowest BCUT2D eigenvalue weighted by molar-refractivity contribution is 0.0596. The molecule has 0 radical (unpaired) electrons. The standard InChI is InChI=1S/C14H23N3O2/c1-10-4-3-5-11(8-10)6-7-17-9-16-12(13(17)15)14(18)19-2/h9-11H,3-8,15H2,1-2H3. The number of nitrogens with zero attached hydrogens (tertiary/aromatic N) is 2. The van der Waals surface area contributed by atoms with Crippen molar-refractivity contribution >= 4 is 11.8 Å². The second-order valence-corrected chi connectivity index (χ2v) is 5.59. The van der Waals surface area contributed by atoms with Crippen molar-refractivity contribution < 1.29 is 9.53 Å². The highest BCUT2D eigenvalue weighted by molar-refractivity contribution is 5.91. The minimum atomic E-state index is -0.470. The summed E-state index contributed by atoms with van der Waals surface area (Å²) in [6.07, 6.45) is 8.04. The summed E-state index contributed by atoms with van der Waals surface area (Å²) < 4.78 is 6.50. The predicted octanol–water partition coefficient (Wildman–Crippen LogP) is 2.47. The first kappa shape index (κ1) is 13.9. The van der Waals surface area contributed by atoms with Gasteiger partial charge in [-0.1, -0.05) is 26.2 Å². The Morgan fingerprint density at radius 3 is 3.05 bits per heavy atom. The van der Waals surface area contributed by atoms with Crippen LogP contribution in [0.5, 0.6) is 0 Å². The Bertz CT molecular complexity index is 442. The van der Waals surface area contributed by atoms with Gasteiger partial charge in [0.05, 0.1) is 13.4 Å². The van der Waals surface area contributed by atoms with Gasteiger partial charge in [-0.05, 0) is 24.7 Å². The van der Waals surface area contributed by atoms with Crippen LogP contribution in [0, 0.1) is 11.8 Å². The minimum Gasteiger partial charge on any atom is -0.464 e. The molecule has 2 unspecified atom stereocenters. The third kappa shape index (κ3) is 3.28. The van der Waals surface area contributed by atoms with Gasteiger partial charge >= 0.3 is 5.97 Å². The van der Waals surface area contributed by atoms with Crippen molar-refractivity contribution in [2.45, 2.75) is 45.6 Å². The molecule has 5 nitrogen and oxygen atoms in total. The average Bonchev–Trinajstić information content (AvgIpc) is 2.77. The summed E-state index contributed by atoms with van der Waals surface area (Å²) in [7, 11) is 1.34. The van der Waals surface area contributed by atoms with E-state index in [9.17, 15) is 4.79 Å². The number of methoxy groups -OCH3 is 1. The zero-order valence-corrected chi connectivity index (χ0v) is 11.8. The summed E-state index contributed by atoms with van der Waals surface area (Å²) in [4.78, 5) is 15.4. The minimum absolute atomic E-state index is 0.222. The molecule has 1 aliphatic carbocycles. The number of imidazole rings is 1. The van der Waals surface area contributed by atoms with E-state index in [0.717, 1.165) is 24.8 Å². The quantitative estimate of drug-likeness (QED) is 0.849. The van der Waals surface area contributed by atoms with Gasteiger partial charge in [0.1, 0.15) is 5.82 Å². The largest absolute Gasteiger partial charge is 0.464 e. The molecule has 1 fully saturated rings. The molecule has 5 heteroatoms. The number of carbonyl (C=O) groups excluding carboxylic acids is 1. The number of carbonyl (C=O) groups is 1. The number of hydrogen-bond donors (Lipinski definition) is 1. The van der Waals surface area contributed by atoms with Crippen LogP contribution in [0.4, 0.5) is 5.82 Å². The fourth-order valence-electron chi connectivity index (χ4n) is 2.97. The van der Waals surface area contributed by atoms with Crippen LogP contribution in [0.15, 0.2) is 6.33 Å². The van der Waals surface area contributed by atoms with Crippen molar-refractivity contribution in [3.8, 4) is 0 Å². The number of aryl methyl sites for hydroxylation is 1. The fraction of sp³-hybridized carbons (Fsp3) is 0.714. The van der Waals surface area contributed by atoms with Crippen LogP contribution >= 0.6 is 0 Å². The Kier molecular flexibility index (Phi) is 4.45. The molecule has 2 atom stereocenters. The van der Waals surface area contributed by atoms with Gasteiger partial charge in [-0.2, -0.15) is 0 Å². The maximum absolute atomic E-state index is 11.4. The molecule has 1 heterocycles. The zero-order valence-electron chi connectivity index (χ0n) is 11.8. The predicted molar refractivity (Wildman–Crippen MR) is 73.7 cm³/mol. The van der Waals surface area contributed by atoms with Crippen LogP contribution in [0.2, 0.25) is 0 Å². The number of hydrogen-bond acceptors (Lipinski definition) is 4. The maximum atomic E-state index is 11.4. The molecule has 0 spiro atoms. The second kappa shape index (κ2) is 6.08. The molecule has 0 amide bonds. The van der Waals surface area contributed by atoms with Gasteiger partial charge in [0, 0.05) is 6.54 Å². The monoisotopic (exact) mass is 265 g/mol. The third-order valence-corrected chi connectivity index (χ3v) is 4.08. The number of anilines is 1. The molecule has 1 aromatic heterocycles. The fourth-order valence-corrected chi connectivity index (χ4v) is 2.97. The summed E-state index contributed by atoms with van der Waals surface area (Å²) >= 11 is 0. The maximum Gasteiger partial charge on any atom is 0.360 e. The van der Waals surface area contributed by atoms with Gasteiger partial charge in [-0.3, -0.25) is 0 Å². The molecule has 0 aromatic carbocycles. The highest BCUT2D eigenvalue weighted by atomic mass is 16.5. The molecule has 1 aliphatic rings. The lowest BCUT2D eigenvalue weighted by Gasteiger charge is -2.26. The van der Waals surface area contributed by atoms with Crippen LogP contribution in [-0.2, 0) is 11.3 Å². The van der Waals surface area contributed by atoms with Gasteiger partial charge in [0.15, 0.2) is 5.69 Å². The van der Waals surface area contributed by atoms with Crippen molar-refractivity contribution in [2.24, 2.45) is 11.8 Å². The van der Waals surface area contributed by atoms with Crippen LogP contribution in [0.25, 0.3) is 0 Å². The van der Waals surface area contributed by atoms with Gasteiger partial charge < -0.3 is 15.0 Å². The number of esters is 1. The van der Waals surface area contributed by atoms with Gasteiger partial charge in [-0.25, -0.2) is 9.78 Å². The highest BCUT2D eigenvalue weighted by Crippen LogP contribution is 2.31. The van der Waals surface area contributed by atoms with Gasteiger partial charge in [-0.15, -0.1) is 0 Å². The Balaban J connectivity index is 1.92. The normalized spacial score (nSPS) is 23.3. The number of aromatic nitrogens is 2. The lowest BCUT2D eigenvalue weighted by Crippen LogP contribution is -2.16. The average molecular weight is 265 g/mol. The topological polar surface area (TPSA) is 70.1 Å². The van der Waals surface area contributed by atoms with E-state index >= 15 is 0 Å². The molecular weight excluding hydrogens is 242 g/mol. The number of rotatable bonds is 4. The second-order valence-electron chi connectivity index (χ2n) is 5.59. The molecule has 106 valence electrons. The first-order chi connectivity index (χ1) is 9.11. The van der Waals surface area contributed by atoms with E-state index in [4.69, 9.17) is 5.73 Å². The van der Waals surface area contributed by atoms with E-state index in [2.05, 4.69) is 16.6 Å². The molecule has 0 saturated heterocycles. The third-order valence-electron chi connectivity index (χ3n) is 4.08. The smallest absolute Gasteiger partial charge is 0.360 e. The molecule has 19 heavy (non-hydrogen) atoms. The van der Waals surface area contributed by atoms with E-state index in [1.54, 1.807) is 6.33 Å². The van der Waals surface area contributed by atoms with Gasteiger partial charge in [0.2, 0.25) is 0 Å². The molecule has 2 N–H and O–H groups in total. The van der Waals surface area contributed by atoms with E-state index in [0.29, 0.717) is 5.82 Å². The molecule has 1 aromatic rings. The SMILES string of the molecule is COC(=O)c1ncn(CCC2CCCC(C)C2)c1N. The molecule has 2 rings (SSSR count). The number of nitrogen functional groups attached to an aromatic ring is 1. The lowest BCUT2D eigenvalue weighted by atomic mass is 9.81. The highest BCUT2D eigenvalue weighted by Gasteiger charge is 2.20. The van der Waals surface area contributed by atoms with Crippen LogP contribution < -0.4 is 5.73 Å². The van der Waals surface area contributed by atoms with Crippen molar-refractivity contribution in [2.75, 3.05) is 12.8 Å². The van der Waals surface area contributed by atoms with Crippen molar-refractivity contribution in [3.63, 3.8) is 0 Å². The first-order valence-electron chi connectivity index (χ1n) is 7.00. The summed E-state index contributed by atoms with van der Waals surface area (Å²) in [5, 5.41) is 0. The van der Waals surface area contributed by atoms with E-state index in [1.165, 1.54) is 32.8 Å². The van der Waals surface area contributed by atoms with E-state index in [-0.39, 0.29) is 5.69 Å². The van der Waals surface area contributed by atoms with E-state index < -0.39 is 5.97 Å². The number of nitrogens with two attached hydrogens (primary N) is 1. The van der Waals surface area contributed by atoms with Crippen LogP contribution in [0.3, 0.4) is 0 Å². The van der Waals surface area contributed by atoms with Crippen molar-refractivity contribution in [3.05, 3.63) is 12.0 Å². The van der Waals surface area contributed by atoms with Crippen LogP contribution in [0.1, 0.15) is 49.5 Å². The number of ether oxygens (including phenoxy) is 1. The molecular formula is C14H23N3O2. The van der Waals surface area contributed by atoms with Crippen molar-refractivity contribution in [1.29, 1.82) is 0 Å². The summed E-state index contributed by atoms with van der Waals surface area (Å²) in [5.41, 5.74) is 6.14. The Labute approximate surface area is 114 Å². The summed E-state index contributed by atoms with van der Waals surface area (Å²) in [6, 6.07) is 0. The van der Waals surface area contributed by atoms with Gasteiger partial charge in [0.25, 0.3) is 0 Å². The molecule has 0 bridgehead atoms. The molecule has 0 aliphatic heterocycles. The molecule has 1 saturated carbocycles.